The first-order valence-electron chi connectivity index (χ1n) is 4.35. The number of carbonyl (C=O) groups is 3. The number of aliphatic carboxylic acids is 1. The topological polar surface area (TPSA) is 119 Å². The van der Waals surface area contributed by atoms with Crippen LogP contribution in [0.3, 0.4) is 0 Å². The summed E-state index contributed by atoms with van der Waals surface area (Å²) in [6.07, 6.45) is 0. The van der Waals surface area contributed by atoms with Crippen LogP contribution in [0.1, 0.15) is 13.8 Å². The number of carboxylic acids is 1. The third-order valence-corrected chi connectivity index (χ3v) is 1.55. The molecule has 0 saturated heterocycles. The van der Waals surface area contributed by atoms with Crippen molar-refractivity contribution in [3.63, 3.8) is 0 Å². The molecule has 0 aliphatic heterocycles. The van der Waals surface area contributed by atoms with Gasteiger partial charge in [-0.15, -0.1) is 0 Å². The molecule has 7 nitrogen and oxygen atoms in total. The highest BCUT2D eigenvalue weighted by Crippen LogP contribution is 1.89. The summed E-state index contributed by atoms with van der Waals surface area (Å²) in [6, 6.07) is -2.59. The minimum absolute atomic E-state index is 0.105. The number of hydrogen-bond donors (Lipinski definition) is 3. The van der Waals surface area contributed by atoms with Crippen molar-refractivity contribution in [1.82, 2.24) is 5.32 Å². The molecule has 0 spiro atoms. The molecule has 0 aromatic carbocycles. The number of nitrogens with two attached hydrogens (primary N) is 1. The molecule has 0 aromatic rings. The lowest BCUT2D eigenvalue weighted by Gasteiger charge is -2.13. The average Bonchev–Trinajstić information content (AvgIpc) is 2.16. The van der Waals surface area contributed by atoms with Gasteiger partial charge in [0.25, 0.3) is 0 Å². The summed E-state index contributed by atoms with van der Waals surface area (Å²) in [4.78, 5) is 32.5. The second-order valence-corrected chi connectivity index (χ2v) is 2.80. The van der Waals surface area contributed by atoms with E-state index in [4.69, 9.17) is 10.8 Å². The van der Waals surface area contributed by atoms with Gasteiger partial charge in [-0.05, 0) is 13.8 Å². The summed E-state index contributed by atoms with van der Waals surface area (Å²) in [7, 11) is 0. The van der Waals surface area contributed by atoms with Crippen molar-refractivity contribution in [3.05, 3.63) is 0 Å². The van der Waals surface area contributed by atoms with Crippen LogP contribution in [0.4, 0.5) is 0 Å². The van der Waals surface area contributed by atoms with Crippen molar-refractivity contribution in [2.45, 2.75) is 25.9 Å². The Kier molecular flexibility index (Phi) is 5.32. The number of amides is 1. The maximum atomic E-state index is 11.2. The molecule has 15 heavy (non-hydrogen) atoms. The molecule has 0 aliphatic carbocycles. The van der Waals surface area contributed by atoms with E-state index in [-0.39, 0.29) is 6.61 Å². The van der Waals surface area contributed by atoms with Crippen LogP contribution in [-0.4, -0.2) is 41.6 Å². The molecule has 0 radical (unpaired) electrons. The van der Waals surface area contributed by atoms with Gasteiger partial charge in [0.2, 0.25) is 5.91 Å². The third kappa shape index (κ3) is 4.41. The highest BCUT2D eigenvalue weighted by Gasteiger charge is 2.25. The minimum Gasteiger partial charge on any atom is -0.480 e. The first kappa shape index (κ1) is 13.4. The Bertz CT molecular complexity index is 266. The maximum Gasteiger partial charge on any atom is 0.332 e. The number of nitrogens with one attached hydrogen (secondary N) is 1. The van der Waals surface area contributed by atoms with E-state index >= 15 is 0 Å². The lowest BCUT2D eigenvalue weighted by molar-refractivity contribution is -0.149. The Hall–Kier alpha value is -1.63. The van der Waals surface area contributed by atoms with Crippen LogP contribution in [0.5, 0.6) is 0 Å². The van der Waals surface area contributed by atoms with Gasteiger partial charge in [0.15, 0.2) is 6.04 Å². The summed E-state index contributed by atoms with van der Waals surface area (Å²) in [6.45, 7) is 2.94. The molecule has 0 bridgehead atoms. The molecule has 1 amide bonds. The molecule has 0 aliphatic rings. The molecular weight excluding hydrogens is 204 g/mol. The molecule has 86 valence electrons. The quantitative estimate of drug-likeness (QED) is 0.380. The van der Waals surface area contributed by atoms with E-state index < -0.39 is 29.9 Å². The highest BCUT2D eigenvalue weighted by atomic mass is 16.5. The van der Waals surface area contributed by atoms with Gasteiger partial charge in [-0.2, -0.15) is 0 Å². The van der Waals surface area contributed by atoms with Gasteiger partial charge >= 0.3 is 11.9 Å². The van der Waals surface area contributed by atoms with Crippen LogP contribution < -0.4 is 11.1 Å². The Morgan fingerprint density at radius 3 is 2.40 bits per heavy atom. The van der Waals surface area contributed by atoms with Crippen LogP contribution in [0, 0.1) is 0 Å². The van der Waals surface area contributed by atoms with Crippen molar-refractivity contribution < 1.29 is 24.2 Å². The first-order chi connectivity index (χ1) is 6.90. The minimum atomic E-state index is -1.49. The summed E-state index contributed by atoms with van der Waals surface area (Å²) in [5.41, 5.74) is 5.22. The molecule has 4 N–H and O–H groups in total. The lowest BCUT2D eigenvalue weighted by atomic mass is 10.2. The van der Waals surface area contributed by atoms with Crippen molar-refractivity contribution in [2.75, 3.05) is 6.61 Å². The fourth-order valence-electron chi connectivity index (χ4n) is 0.704. The van der Waals surface area contributed by atoms with Crippen molar-refractivity contribution >= 4 is 17.8 Å². The van der Waals surface area contributed by atoms with Gasteiger partial charge in [-0.3, -0.25) is 9.59 Å². The normalized spacial score (nSPS) is 13.8. The zero-order valence-electron chi connectivity index (χ0n) is 8.52. The summed E-state index contributed by atoms with van der Waals surface area (Å²) >= 11 is 0. The molecule has 2 atom stereocenters. The lowest BCUT2D eigenvalue weighted by Crippen LogP contribution is -2.51. The number of ether oxygens (including phenoxy) is 1. The highest BCUT2D eigenvalue weighted by molar-refractivity contribution is 6.02. The van der Waals surface area contributed by atoms with Gasteiger partial charge in [-0.1, -0.05) is 0 Å². The Balaban J connectivity index is 4.21. The van der Waals surface area contributed by atoms with Crippen LogP contribution in [-0.2, 0) is 19.1 Å². The van der Waals surface area contributed by atoms with Crippen LogP contribution in [0.15, 0.2) is 0 Å². The van der Waals surface area contributed by atoms with E-state index in [2.05, 4.69) is 10.1 Å². The Morgan fingerprint density at radius 2 is 2.00 bits per heavy atom. The van der Waals surface area contributed by atoms with Gasteiger partial charge in [0, 0.05) is 0 Å². The largest absolute Gasteiger partial charge is 0.480 e. The van der Waals surface area contributed by atoms with Gasteiger partial charge in [-0.25, -0.2) is 4.79 Å². The fourth-order valence-corrected chi connectivity index (χ4v) is 0.704. The number of carboxylic acid groups (broad SMARTS) is 1. The number of rotatable bonds is 5. The average molecular weight is 218 g/mol. The zero-order chi connectivity index (χ0) is 12.0. The molecule has 0 heterocycles. The smallest absolute Gasteiger partial charge is 0.332 e. The molecule has 0 fully saturated rings. The predicted molar refractivity (Wildman–Crippen MR) is 49.8 cm³/mol. The number of carbonyl (C=O) groups excluding carboxylic acids is 2. The third-order valence-electron chi connectivity index (χ3n) is 1.55. The number of hydrogen-bond acceptors (Lipinski definition) is 5. The van der Waals surface area contributed by atoms with E-state index in [0.29, 0.717) is 0 Å². The summed E-state index contributed by atoms with van der Waals surface area (Å²) in [5.74, 6) is -2.96. The van der Waals surface area contributed by atoms with Gasteiger partial charge in [0.05, 0.1) is 6.61 Å². The second-order valence-electron chi connectivity index (χ2n) is 2.80. The van der Waals surface area contributed by atoms with Crippen LogP contribution in [0.2, 0.25) is 0 Å². The van der Waals surface area contributed by atoms with E-state index in [1.54, 1.807) is 6.92 Å². The van der Waals surface area contributed by atoms with E-state index in [1.165, 1.54) is 6.92 Å². The SMILES string of the molecule is CCOC(=O)C(N)C(=O)NC(C)C(=O)O. The number of esters is 1. The van der Waals surface area contributed by atoms with Crippen molar-refractivity contribution in [1.29, 1.82) is 0 Å². The summed E-state index contributed by atoms with van der Waals surface area (Å²) < 4.78 is 4.49. The Labute approximate surface area is 86.6 Å². The van der Waals surface area contributed by atoms with E-state index in [0.717, 1.165) is 0 Å². The molecule has 0 rings (SSSR count). The summed E-state index contributed by atoms with van der Waals surface area (Å²) in [5, 5.41) is 10.5. The standard InChI is InChI=1S/C8H14N2O5/c1-3-15-8(14)5(9)6(11)10-4(2)7(12)13/h4-5H,3,9H2,1-2H3,(H,10,11)(H,12,13). The Morgan fingerprint density at radius 1 is 1.47 bits per heavy atom. The van der Waals surface area contributed by atoms with Gasteiger partial charge < -0.3 is 20.9 Å². The van der Waals surface area contributed by atoms with Crippen LogP contribution >= 0.6 is 0 Å². The molecule has 7 heteroatoms. The molecule has 0 saturated carbocycles. The monoisotopic (exact) mass is 218 g/mol. The predicted octanol–water partition coefficient (Wildman–Crippen LogP) is -1.53. The van der Waals surface area contributed by atoms with Crippen molar-refractivity contribution in [2.24, 2.45) is 5.73 Å². The zero-order valence-corrected chi connectivity index (χ0v) is 8.52. The second kappa shape index (κ2) is 5.97. The maximum absolute atomic E-state index is 11.2. The molecular formula is C8H14N2O5. The molecule has 0 aromatic heterocycles. The van der Waals surface area contributed by atoms with Gasteiger partial charge in [0.1, 0.15) is 6.04 Å². The first-order valence-corrected chi connectivity index (χ1v) is 4.35. The molecule has 2 unspecified atom stereocenters. The van der Waals surface area contributed by atoms with E-state index in [9.17, 15) is 14.4 Å². The van der Waals surface area contributed by atoms with E-state index in [1.807, 2.05) is 0 Å². The fraction of sp³-hybridized carbons (Fsp3) is 0.625. The van der Waals surface area contributed by atoms with Crippen LogP contribution in [0.25, 0.3) is 0 Å². The van der Waals surface area contributed by atoms with Crippen molar-refractivity contribution in [3.8, 4) is 0 Å².